The smallest absolute Gasteiger partial charge is 0.227 e. The van der Waals surface area contributed by atoms with Crippen molar-refractivity contribution in [2.75, 3.05) is 26.2 Å². The molecule has 3 fully saturated rings. The number of carbonyl (C=O) groups excluding carboxylic acids is 3. The number of rotatable bonds is 5. The maximum atomic E-state index is 13.7. The summed E-state index contributed by atoms with van der Waals surface area (Å²) >= 11 is 0. The van der Waals surface area contributed by atoms with E-state index in [4.69, 9.17) is 0 Å². The van der Waals surface area contributed by atoms with Gasteiger partial charge in [-0.15, -0.1) is 0 Å². The fraction of sp³-hybridized carbons (Fsp3) is 0.625. The zero-order valence-electron chi connectivity index (χ0n) is 18.2. The number of aryl methyl sites for hydroxylation is 1. The Labute approximate surface area is 183 Å². The summed E-state index contributed by atoms with van der Waals surface area (Å²) in [4.78, 5) is 41.7. The molecule has 1 aliphatic carbocycles. The van der Waals surface area contributed by atoms with Crippen molar-refractivity contribution in [3.8, 4) is 0 Å². The Morgan fingerprint density at radius 2 is 1.65 bits per heavy atom. The van der Waals surface area contributed by atoms with E-state index < -0.39 is 0 Å². The molecule has 2 saturated heterocycles. The maximum Gasteiger partial charge on any atom is 0.227 e. The van der Waals surface area contributed by atoms with Crippen molar-refractivity contribution in [3.05, 3.63) is 35.1 Å². The van der Waals surface area contributed by atoms with Crippen molar-refractivity contribution < 1.29 is 18.8 Å². The lowest BCUT2D eigenvalue weighted by Crippen LogP contribution is -2.49. The molecular formula is C24H32FN3O3. The number of nitrogens with one attached hydrogen (secondary N) is 1. The zero-order chi connectivity index (χ0) is 22.0. The first-order chi connectivity index (χ1) is 14.9. The molecule has 1 N–H and O–H groups in total. The second-order valence-electron chi connectivity index (χ2n) is 9.30. The minimum atomic E-state index is -0.265. The molecule has 0 aromatic heterocycles. The highest BCUT2D eigenvalue weighted by molar-refractivity contribution is 5.84. The van der Waals surface area contributed by atoms with E-state index in [2.05, 4.69) is 5.32 Å². The molecule has 1 aromatic carbocycles. The van der Waals surface area contributed by atoms with E-state index in [1.165, 1.54) is 6.07 Å². The molecule has 1 saturated carbocycles. The monoisotopic (exact) mass is 429 g/mol. The van der Waals surface area contributed by atoms with Gasteiger partial charge in [0.1, 0.15) is 5.82 Å². The Bertz CT molecular complexity index is 846. The average molecular weight is 430 g/mol. The fourth-order valence-corrected chi connectivity index (χ4v) is 4.67. The topological polar surface area (TPSA) is 69.7 Å². The number of halogens is 1. The molecule has 31 heavy (non-hydrogen) atoms. The highest BCUT2D eigenvalue weighted by Crippen LogP contribution is 2.33. The first kappa shape index (κ1) is 21.8. The van der Waals surface area contributed by atoms with Crippen molar-refractivity contribution in [1.82, 2.24) is 15.1 Å². The van der Waals surface area contributed by atoms with E-state index in [1.54, 1.807) is 13.0 Å². The Hall–Kier alpha value is -2.44. The normalized spacial score (nSPS) is 22.3. The van der Waals surface area contributed by atoms with Crippen molar-refractivity contribution in [1.29, 1.82) is 0 Å². The van der Waals surface area contributed by atoms with Gasteiger partial charge in [-0.2, -0.15) is 0 Å². The van der Waals surface area contributed by atoms with Gasteiger partial charge in [-0.1, -0.05) is 12.1 Å². The molecular weight excluding hydrogens is 397 g/mol. The number of hydrogen-bond acceptors (Lipinski definition) is 3. The Balaban J connectivity index is 1.23. The molecule has 0 bridgehead atoms. The average Bonchev–Trinajstić information content (AvgIpc) is 3.64. The standard InChI is InChI=1S/C24H32FN3O3/c1-16-4-5-17(13-21(16)25)14-26-22(29)18-8-11-27(12-9-18)24(31)20-3-2-10-28(15-20)23(30)19-6-7-19/h4-5,13,18-20H,2-3,6-12,14-15H2,1H3,(H,26,29). The number of amides is 3. The number of likely N-dealkylation sites (tertiary alicyclic amines) is 2. The quantitative estimate of drug-likeness (QED) is 0.782. The summed E-state index contributed by atoms with van der Waals surface area (Å²) in [7, 11) is 0. The van der Waals surface area contributed by atoms with E-state index in [9.17, 15) is 18.8 Å². The second-order valence-corrected chi connectivity index (χ2v) is 9.30. The molecule has 3 aliphatic rings. The minimum absolute atomic E-state index is 0.0352. The Kier molecular flexibility index (Phi) is 6.58. The molecule has 168 valence electrons. The lowest BCUT2D eigenvalue weighted by atomic mass is 9.92. The summed E-state index contributed by atoms with van der Waals surface area (Å²) in [5, 5.41) is 2.90. The number of carbonyl (C=O) groups is 3. The molecule has 2 heterocycles. The molecule has 1 aromatic rings. The third-order valence-electron chi connectivity index (χ3n) is 6.89. The fourth-order valence-electron chi connectivity index (χ4n) is 4.67. The van der Waals surface area contributed by atoms with Gasteiger partial charge < -0.3 is 15.1 Å². The summed E-state index contributed by atoms with van der Waals surface area (Å²) in [6.45, 7) is 4.48. The van der Waals surface area contributed by atoms with E-state index in [1.807, 2.05) is 15.9 Å². The predicted octanol–water partition coefficient (Wildman–Crippen LogP) is 2.64. The number of piperidine rings is 2. The summed E-state index contributed by atoms with van der Waals surface area (Å²) in [6.07, 6.45) is 4.97. The van der Waals surface area contributed by atoms with Crippen LogP contribution in [0.2, 0.25) is 0 Å². The first-order valence-electron chi connectivity index (χ1n) is 11.5. The van der Waals surface area contributed by atoms with Crippen LogP contribution in [0.3, 0.4) is 0 Å². The van der Waals surface area contributed by atoms with Crippen molar-refractivity contribution in [2.24, 2.45) is 17.8 Å². The summed E-state index contributed by atoms with van der Waals surface area (Å²) in [6, 6.07) is 4.99. The minimum Gasteiger partial charge on any atom is -0.352 e. The van der Waals surface area contributed by atoms with Gasteiger partial charge >= 0.3 is 0 Å². The molecule has 0 radical (unpaired) electrons. The van der Waals surface area contributed by atoms with Gasteiger partial charge in [-0.25, -0.2) is 4.39 Å². The van der Waals surface area contributed by atoms with Crippen LogP contribution in [0.4, 0.5) is 4.39 Å². The van der Waals surface area contributed by atoms with E-state index in [0.29, 0.717) is 44.6 Å². The molecule has 7 heteroatoms. The third kappa shape index (κ3) is 5.25. The van der Waals surface area contributed by atoms with Gasteiger partial charge in [-0.3, -0.25) is 14.4 Å². The van der Waals surface area contributed by atoms with E-state index >= 15 is 0 Å². The van der Waals surface area contributed by atoms with Crippen LogP contribution in [0.5, 0.6) is 0 Å². The van der Waals surface area contributed by atoms with Crippen LogP contribution in [-0.4, -0.2) is 53.7 Å². The highest BCUT2D eigenvalue weighted by atomic mass is 19.1. The van der Waals surface area contributed by atoms with Crippen LogP contribution in [0.1, 0.15) is 49.7 Å². The van der Waals surface area contributed by atoms with Crippen molar-refractivity contribution >= 4 is 17.7 Å². The van der Waals surface area contributed by atoms with Crippen LogP contribution < -0.4 is 5.32 Å². The van der Waals surface area contributed by atoms with Crippen LogP contribution in [0.15, 0.2) is 18.2 Å². The van der Waals surface area contributed by atoms with Gasteiger partial charge in [-0.05, 0) is 62.6 Å². The largest absolute Gasteiger partial charge is 0.352 e. The Morgan fingerprint density at radius 1 is 0.935 bits per heavy atom. The SMILES string of the molecule is Cc1ccc(CNC(=O)C2CCN(C(=O)C3CCCN(C(=O)C4CC4)C3)CC2)cc1F. The summed E-state index contributed by atoms with van der Waals surface area (Å²) < 4.78 is 13.7. The molecule has 1 unspecified atom stereocenters. The highest BCUT2D eigenvalue weighted by Gasteiger charge is 2.38. The summed E-state index contributed by atoms with van der Waals surface area (Å²) in [5.74, 6) is 0.00525. The molecule has 3 amide bonds. The molecule has 0 spiro atoms. The second kappa shape index (κ2) is 9.37. The van der Waals surface area contributed by atoms with E-state index in [-0.39, 0.29) is 41.3 Å². The number of nitrogens with zero attached hydrogens (tertiary/aromatic N) is 2. The van der Waals surface area contributed by atoms with Gasteiger partial charge in [0.2, 0.25) is 17.7 Å². The van der Waals surface area contributed by atoms with Gasteiger partial charge in [0.05, 0.1) is 5.92 Å². The number of hydrogen-bond donors (Lipinski definition) is 1. The molecule has 1 atom stereocenters. The van der Waals surface area contributed by atoms with Crippen LogP contribution in [-0.2, 0) is 20.9 Å². The Morgan fingerprint density at radius 3 is 2.32 bits per heavy atom. The van der Waals surface area contributed by atoms with Crippen LogP contribution >= 0.6 is 0 Å². The lowest BCUT2D eigenvalue weighted by Gasteiger charge is -2.37. The van der Waals surface area contributed by atoms with Gasteiger partial charge in [0.15, 0.2) is 0 Å². The maximum absolute atomic E-state index is 13.7. The lowest BCUT2D eigenvalue weighted by molar-refractivity contribution is -0.143. The van der Waals surface area contributed by atoms with Gasteiger partial charge in [0, 0.05) is 44.6 Å². The van der Waals surface area contributed by atoms with Crippen LogP contribution in [0.25, 0.3) is 0 Å². The zero-order valence-corrected chi connectivity index (χ0v) is 18.2. The molecule has 6 nitrogen and oxygen atoms in total. The van der Waals surface area contributed by atoms with E-state index in [0.717, 1.165) is 37.8 Å². The van der Waals surface area contributed by atoms with Crippen LogP contribution in [0, 0.1) is 30.5 Å². The summed E-state index contributed by atoms with van der Waals surface area (Å²) in [5.41, 5.74) is 1.33. The molecule has 2 aliphatic heterocycles. The van der Waals surface area contributed by atoms with Gasteiger partial charge in [0.25, 0.3) is 0 Å². The van der Waals surface area contributed by atoms with Crippen molar-refractivity contribution in [3.63, 3.8) is 0 Å². The predicted molar refractivity (Wildman–Crippen MR) is 114 cm³/mol. The van der Waals surface area contributed by atoms with Crippen molar-refractivity contribution in [2.45, 2.75) is 52.0 Å². The first-order valence-corrected chi connectivity index (χ1v) is 11.5. The number of benzene rings is 1. The molecule has 4 rings (SSSR count). The third-order valence-corrected chi connectivity index (χ3v) is 6.89.